The fourth-order valence-corrected chi connectivity index (χ4v) is 2.41. The number of carbonyl (C=O) groups is 1. The van der Waals surface area contributed by atoms with Crippen LogP contribution in [0.15, 0.2) is 35.2 Å². The second kappa shape index (κ2) is 9.87. The summed E-state index contributed by atoms with van der Waals surface area (Å²) >= 11 is 1.68. The van der Waals surface area contributed by atoms with Gasteiger partial charge in [-0.05, 0) is 18.6 Å². The first-order valence-corrected chi connectivity index (χ1v) is 7.63. The summed E-state index contributed by atoms with van der Waals surface area (Å²) in [5.41, 5.74) is 0. The van der Waals surface area contributed by atoms with E-state index < -0.39 is 0 Å². The van der Waals surface area contributed by atoms with Gasteiger partial charge in [-0.3, -0.25) is 4.79 Å². The third-order valence-electron chi connectivity index (χ3n) is 2.46. The number of unbranched alkanes of at least 4 members (excludes halogenated alkanes) is 1. The van der Waals surface area contributed by atoms with Crippen molar-refractivity contribution in [3.8, 4) is 0 Å². The summed E-state index contributed by atoms with van der Waals surface area (Å²) in [4.78, 5) is 12.2. The van der Waals surface area contributed by atoms with Crippen LogP contribution in [0.4, 0.5) is 0 Å². The first-order valence-electron chi connectivity index (χ1n) is 6.65. The molecule has 0 aliphatic carbocycles. The summed E-state index contributed by atoms with van der Waals surface area (Å²) in [5, 5.41) is 0. The third-order valence-corrected chi connectivity index (χ3v) is 3.60. The number of carbonyl (C=O) groups excluding carboxylic acids is 1. The molecule has 3 nitrogen and oxygen atoms in total. The average molecular weight is 282 g/mol. The molecule has 4 heteroatoms. The molecule has 0 spiro atoms. The number of hydrogen-bond donors (Lipinski definition) is 0. The number of esters is 1. The molecule has 0 aliphatic heterocycles. The van der Waals surface area contributed by atoms with E-state index in [9.17, 15) is 4.79 Å². The molecule has 0 saturated carbocycles. The summed E-state index contributed by atoms with van der Waals surface area (Å²) in [6.07, 6.45) is 1.97. The predicted molar refractivity (Wildman–Crippen MR) is 78.4 cm³/mol. The quantitative estimate of drug-likeness (QED) is 0.394. The molecule has 0 bridgehead atoms. The van der Waals surface area contributed by atoms with E-state index in [0.717, 1.165) is 25.2 Å². The number of hydrogen-bond acceptors (Lipinski definition) is 4. The van der Waals surface area contributed by atoms with E-state index in [0.29, 0.717) is 6.61 Å². The fourth-order valence-electron chi connectivity index (χ4n) is 1.52. The van der Waals surface area contributed by atoms with Crippen LogP contribution in [0.5, 0.6) is 0 Å². The van der Waals surface area contributed by atoms with Gasteiger partial charge >= 0.3 is 5.97 Å². The van der Waals surface area contributed by atoms with Crippen LogP contribution in [0, 0.1) is 0 Å². The van der Waals surface area contributed by atoms with Gasteiger partial charge in [0.25, 0.3) is 0 Å². The Bertz CT molecular complexity index is 354. The molecule has 0 fully saturated rings. The summed E-state index contributed by atoms with van der Waals surface area (Å²) in [6.45, 7) is 4.76. The van der Waals surface area contributed by atoms with Crippen molar-refractivity contribution < 1.29 is 14.3 Å². The lowest BCUT2D eigenvalue weighted by Gasteiger charge is -2.16. The monoisotopic (exact) mass is 282 g/mol. The molecule has 19 heavy (non-hydrogen) atoms. The lowest BCUT2D eigenvalue weighted by Crippen LogP contribution is -2.25. The summed E-state index contributed by atoms with van der Waals surface area (Å²) < 4.78 is 10.8. The van der Waals surface area contributed by atoms with Gasteiger partial charge in [-0.1, -0.05) is 31.5 Å². The lowest BCUT2D eigenvalue weighted by atomic mass is 10.3. The molecule has 0 aliphatic rings. The molecule has 1 aromatic carbocycles. The molecule has 0 amide bonds. The lowest BCUT2D eigenvalue weighted by molar-refractivity contribution is -0.147. The van der Waals surface area contributed by atoms with Crippen molar-refractivity contribution in [2.75, 3.05) is 19.0 Å². The SMILES string of the molecule is CCCCOCC(CSc1ccccc1)OC(C)=O. The van der Waals surface area contributed by atoms with Gasteiger partial charge in [0, 0.05) is 24.2 Å². The topological polar surface area (TPSA) is 35.5 Å². The second-order valence-corrected chi connectivity index (χ2v) is 5.38. The van der Waals surface area contributed by atoms with Gasteiger partial charge in [0.2, 0.25) is 0 Å². The molecule has 1 rings (SSSR count). The zero-order valence-electron chi connectivity index (χ0n) is 11.6. The highest BCUT2D eigenvalue weighted by molar-refractivity contribution is 7.99. The number of rotatable bonds is 9. The van der Waals surface area contributed by atoms with Crippen molar-refractivity contribution in [1.82, 2.24) is 0 Å². The van der Waals surface area contributed by atoms with Crippen LogP contribution >= 0.6 is 11.8 Å². The Morgan fingerprint density at radius 3 is 2.68 bits per heavy atom. The third kappa shape index (κ3) is 7.90. The van der Waals surface area contributed by atoms with Gasteiger partial charge in [0.1, 0.15) is 6.10 Å². The first-order chi connectivity index (χ1) is 9.22. The zero-order valence-corrected chi connectivity index (χ0v) is 12.4. The van der Waals surface area contributed by atoms with Crippen LogP contribution in [0.3, 0.4) is 0 Å². The van der Waals surface area contributed by atoms with Crippen LogP contribution in [-0.4, -0.2) is 31.0 Å². The Morgan fingerprint density at radius 1 is 1.32 bits per heavy atom. The van der Waals surface area contributed by atoms with E-state index in [2.05, 4.69) is 6.92 Å². The minimum atomic E-state index is -0.252. The number of benzene rings is 1. The van der Waals surface area contributed by atoms with Gasteiger partial charge in [0.05, 0.1) is 6.61 Å². The zero-order chi connectivity index (χ0) is 13.9. The van der Waals surface area contributed by atoms with E-state index in [1.54, 1.807) is 11.8 Å². The van der Waals surface area contributed by atoms with Crippen molar-refractivity contribution >= 4 is 17.7 Å². The van der Waals surface area contributed by atoms with Crippen molar-refractivity contribution in [3.63, 3.8) is 0 Å². The van der Waals surface area contributed by atoms with Crippen molar-refractivity contribution in [2.45, 2.75) is 37.7 Å². The largest absolute Gasteiger partial charge is 0.459 e. The van der Waals surface area contributed by atoms with E-state index in [-0.39, 0.29) is 12.1 Å². The van der Waals surface area contributed by atoms with Crippen LogP contribution in [0.1, 0.15) is 26.7 Å². The highest BCUT2D eigenvalue weighted by Crippen LogP contribution is 2.19. The highest BCUT2D eigenvalue weighted by Gasteiger charge is 2.12. The average Bonchev–Trinajstić information content (AvgIpc) is 2.41. The van der Waals surface area contributed by atoms with Crippen molar-refractivity contribution in [3.05, 3.63) is 30.3 Å². The van der Waals surface area contributed by atoms with E-state index >= 15 is 0 Å². The minimum Gasteiger partial charge on any atom is -0.459 e. The molecule has 1 atom stereocenters. The molecule has 0 heterocycles. The van der Waals surface area contributed by atoms with Crippen molar-refractivity contribution in [1.29, 1.82) is 0 Å². The summed E-state index contributed by atoms with van der Waals surface area (Å²) in [7, 11) is 0. The standard InChI is InChI=1S/C15H22O3S/c1-3-4-10-17-11-14(18-13(2)16)12-19-15-8-6-5-7-9-15/h5-9,14H,3-4,10-12H2,1-2H3. The van der Waals surface area contributed by atoms with E-state index in [1.807, 2.05) is 30.3 Å². The minimum absolute atomic E-state index is 0.181. The van der Waals surface area contributed by atoms with Crippen molar-refractivity contribution in [2.24, 2.45) is 0 Å². The summed E-state index contributed by atoms with van der Waals surface area (Å²) in [5.74, 6) is 0.466. The predicted octanol–water partition coefficient (Wildman–Crippen LogP) is 3.53. The molecule has 1 unspecified atom stereocenters. The summed E-state index contributed by atoms with van der Waals surface area (Å²) in [6, 6.07) is 10.1. The van der Waals surface area contributed by atoms with Gasteiger partial charge in [-0.15, -0.1) is 11.8 Å². The highest BCUT2D eigenvalue weighted by atomic mass is 32.2. The Labute approximate surface area is 119 Å². The first kappa shape index (κ1) is 16.1. The molecule has 0 aromatic heterocycles. The van der Waals surface area contributed by atoms with Crippen LogP contribution in [0.2, 0.25) is 0 Å². The Morgan fingerprint density at radius 2 is 2.05 bits per heavy atom. The maximum absolute atomic E-state index is 11.1. The second-order valence-electron chi connectivity index (χ2n) is 4.28. The maximum atomic E-state index is 11.1. The number of ether oxygens (including phenoxy) is 2. The van der Waals surface area contributed by atoms with Crippen LogP contribution < -0.4 is 0 Å². The van der Waals surface area contributed by atoms with E-state index in [4.69, 9.17) is 9.47 Å². The van der Waals surface area contributed by atoms with Gasteiger partial charge in [-0.25, -0.2) is 0 Å². The smallest absolute Gasteiger partial charge is 0.303 e. The molecule has 0 saturated heterocycles. The fraction of sp³-hybridized carbons (Fsp3) is 0.533. The molecule has 1 aromatic rings. The molecule has 0 radical (unpaired) electrons. The van der Waals surface area contributed by atoms with E-state index in [1.165, 1.54) is 11.8 Å². The van der Waals surface area contributed by atoms with Gasteiger partial charge in [-0.2, -0.15) is 0 Å². The maximum Gasteiger partial charge on any atom is 0.303 e. The molecular weight excluding hydrogens is 260 g/mol. The molecule has 0 N–H and O–H groups in total. The number of thioether (sulfide) groups is 1. The molecule has 106 valence electrons. The normalized spacial score (nSPS) is 12.1. The Kier molecular flexibility index (Phi) is 8.34. The Balaban J connectivity index is 2.34. The van der Waals surface area contributed by atoms with Gasteiger partial charge < -0.3 is 9.47 Å². The van der Waals surface area contributed by atoms with Gasteiger partial charge in [0.15, 0.2) is 0 Å². The molecular formula is C15H22O3S. The van der Waals surface area contributed by atoms with Crippen LogP contribution in [-0.2, 0) is 14.3 Å². The van der Waals surface area contributed by atoms with Crippen LogP contribution in [0.25, 0.3) is 0 Å². The Hall–Kier alpha value is -1.00.